The van der Waals surface area contributed by atoms with Gasteiger partial charge in [-0.15, -0.1) is 0 Å². The zero-order valence-corrected chi connectivity index (χ0v) is 14.2. The van der Waals surface area contributed by atoms with Gasteiger partial charge in [-0.2, -0.15) is 0 Å². The standard InChI is InChI=1S/C19H23N5O/c25-18(17-16-15(5-8-20-17)22-12-23-16)24-9-6-19(7-10-24)11-21-14-4-2-1-3-13(14)19/h1-4,12,17,20-21H,5-11H2,(H,22,23)/t17-/m0/s1. The molecule has 3 aliphatic rings. The van der Waals surface area contributed by atoms with Crippen molar-refractivity contribution in [1.82, 2.24) is 20.2 Å². The minimum Gasteiger partial charge on any atom is -0.384 e. The predicted molar refractivity (Wildman–Crippen MR) is 95.5 cm³/mol. The SMILES string of the molecule is O=C([C@H]1NCCc2[nH]cnc21)N1CCC2(CC1)CNc1ccccc12. The lowest BCUT2D eigenvalue weighted by Crippen LogP contribution is -2.50. The van der Waals surface area contributed by atoms with E-state index in [4.69, 9.17) is 0 Å². The van der Waals surface area contributed by atoms with E-state index in [0.29, 0.717) is 0 Å². The maximum absolute atomic E-state index is 13.1. The van der Waals surface area contributed by atoms with Gasteiger partial charge in [-0.25, -0.2) is 4.98 Å². The Balaban J connectivity index is 1.33. The Bertz CT molecular complexity index is 806. The molecule has 5 rings (SSSR count). The number of nitrogens with one attached hydrogen (secondary N) is 3. The molecule has 0 saturated carbocycles. The van der Waals surface area contributed by atoms with Crippen LogP contribution in [0.2, 0.25) is 0 Å². The highest BCUT2D eigenvalue weighted by molar-refractivity contribution is 5.83. The fourth-order valence-corrected chi connectivity index (χ4v) is 4.67. The number of anilines is 1. The Morgan fingerprint density at radius 2 is 2.08 bits per heavy atom. The maximum atomic E-state index is 13.1. The normalized spacial score (nSPS) is 23.8. The van der Waals surface area contributed by atoms with E-state index in [9.17, 15) is 4.79 Å². The summed E-state index contributed by atoms with van der Waals surface area (Å²) >= 11 is 0. The van der Waals surface area contributed by atoms with Gasteiger partial charge in [0.1, 0.15) is 6.04 Å². The molecule has 0 radical (unpaired) electrons. The Morgan fingerprint density at radius 1 is 1.24 bits per heavy atom. The molecule has 1 amide bonds. The quantitative estimate of drug-likeness (QED) is 0.739. The van der Waals surface area contributed by atoms with Crippen molar-refractivity contribution in [2.75, 3.05) is 31.5 Å². The fraction of sp³-hybridized carbons (Fsp3) is 0.474. The van der Waals surface area contributed by atoms with Crippen LogP contribution in [-0.2, 0) is 16.6 Å². The van der Waals surface area contributed by atoms with Crippen LogP contribution in [-0.4, -0.2) is 47.0 Å². The molecule has 25 heavy (non-hydrogen) atoms. The molecule has 0 bridgehead atoms. The van der Waals surface area contributed by atoms with Gasteiger partial charge in [-0.1, -0.05) is 18.2 Å². The molecule has 4 heterocycles. The summed E-state index contributed by atoms with van der Waals surface area (Å²) in [6.45, 7) is 3.43. The average Bonchev–Trinajstić information content (AvgIpc) is 3.28. The van der Waals surface area contributed by atoms with Gasteiger partial charge >= 0.3 is 0 Å². The number of H-pyrrole nitrogens is 1. The molecule has 1 fully saturated rings. The Labute approximate surface area is 147 Å². The zero-order valence-electron chi connectivity index (χ0n) is 14.2. The van der Waals surface area contributed by atoms with Crippen molar-refractivity contribution in [3.05, 3.63) is 47.5 Å². The highest BCUT2D eigenvalue weighted by atomic mass is 16.2. The first kappa shape index (κ1) is 15.0. The smallest absolute Gasteiger partial charge is 0.246 e. The molecule has 6 heteroatoms. The molecule has 6 nitrogen and oxygen atoms in total. The number of imidazole rings is 1. The maximum Gasteiger partial charge on any atom is 0.246 e. The highest BCUT2D eigenvalue weighted by Gasteiger charge is 2.43. The minimum absolute atomic E-state index is 0.169. The molecule has 3 aliphatic heterocycles. The predicted octanol–water partition coefficient (Wildman–Crippen LogP) is 1.58. The number of carbonyl (C=O) groups is 1. The summed E-state index contributed by atoms with van der Waals surface area (Å²) in [5, 5.41) is 6.90. The van der Waals surface area contributed by atoms with Crippen LogP contribution >= 0.6 is 0 Å². The Hall–Kier alpha value is -2.34. The van der Waals surface area contributed by atoms with Crippen LogP contribution in [0.25, 0.3) is 0 Å². The third kappa shape index (κ3) is 2.28. The van der Waals surface area contributed by atoms with Gasteiger partial charge in [0, 0.05) is 49.4 Å². The van der Waals surface area contributed by atoms with Crippen molar-refractivity contribution in [2.24, 2.45) is 0 Å². The van der Waals surface area contributed by atoms with Crippen LogP contribution in [0.4, 0.5) is 5.69 Å². The summed E-state index contributed by atoms with van der Waals surface area (Å²) in [4.78, 5) is 22.6. The molecule has 1 saturated heterocycles. The van der Waals surface area contributed by atoms with Crippen LogP contribution in [0, 0.1) is 0 Å². The van der Waals surface area contributed by atoms with Crippen molar-refractivity contribution in [3.8, 4) is 0 Å². The number of nitrogens with zero attached hydrogens (tertiary/aromatic N) is 2. The number of carbonyl (C=O) groups excluding carboxylic acids is 1. The number of hydrogen-bond donors (Lipinski definition) is 3. The number of piperidine rings is 1. The van der Waals surface area contributed by atoms with Gasteiger partial charge < -0.3 is 20.5 Å². The zero-order chi connectivity index (χ0) is 16.9. The monoisotopic (exact) mass is 337 g/mol. The van der Waals surface area contributed by atoms with Gasteiger partial charge in [0.05, 0.1) is 12.0 Å². The molecular weight excluding hydrogens is 314 g/mol. The lowest BCUT2D eigenvalue weighted by molar-refractivity contribution is -0.135. The second kappa shape index (κ2) is 5.59. The Kier molecular flexibility index (Phi) is 3.35. The molecule has 130 valence electrons. The van der Waals surface area contributed by atoms with Crippen molar-refractivity contribution in [3.63, 3.8) is 0 Å². The summed E-state index contributed by atoms with van der Waals surface area (Å²) in [5.74, 6) is 0.169. The van der Waals surface area contributed by atoms with E-state index < -0.39 is 0 Å². The van der Waals surface area contributed by atoms with E-state index in [2.05, 4.69) is 44.9 Å². The third-order valence-electron chi connectivity index (χ3n) is 6.14. The first-order valence-corrected chi connectivity index (χ1v) is 9.15. The first-order chi connectivity index (χ1) is 12.3. The first-order valence-electron chi connectivity index (χ1n) is 9.15. The number of aromatic nitrogens is 2. The van der Waals surface area contributed by atoms with Crippen LogP contribution in [0.15, 0.2) is 30.6 Å². The number of likely N-dealkylation sites (tertiary alicyclic amines) is 1. The minimum atomic E-state index is -0.293. The largest absolute Gasteiger partial charge is 0.384 e. The van der Waals surface area contributed by atoms with Gasteiger partial charge in [0.2, 0.25) is 5.91 Å². The number of benzene rings is 1. The molecule has 3 N–H and O–H groups in total. The van der Waals surface area contributed by atoms with Gasteiger partial charge in [0.25, 0.3) is 0 Å². The van der Waals surface area contributed by atoms with E-state index in [1.165, 1.54) is 11.3 Å². The number of aromatic amines is 1. The molecule has 1 aromatic carbocycles. The number of hydrogen-bond acceptors (Lipinski definition) is 4. The molecule has 2 aromatic rings. The average molecular weight is 337 g/mol. The lowest BCUT2D eigenvalue weighted by Gasteiger charge is -2.40. The number of fused-ring (bicyclic) bond motifs is 3. The van der Waals surface area contributed by atoms with Crippen LogP contribution in [0.5, 0.6) is 0 Å². The summed E-state index contributed by atoms with van der Waals surface area (Å²) in [6.07, 6.45) is 4.64. The third-order valence-corrected chi connectivity index (χ3v) is 6.14. The number of para-hydroxylation sites is 1. The molecule has 0 unspecified atom stereocenters. The fourth-order valence-electron chi connectivity index (χ4n) is 4.67. The van der Waals surface area contributed by atoms with E-state index >= 15 is 0 Å². The highest BCUT2D eigenvalue weighted by Crippen LogP contribution is 2.44. The second-order valence-electron chi connectivity index (χ2n) is 7.41. The molecule has 1 atom stereocenters. The summed E-state index contributed by atoms with van der Waals surface area (Å²) < 4.78 is 0. The van der Waals surface area contributed by atoms with Crippen LogP contribution in [0.3, 0.4) is 0 Å². The summed E-state index contributed by atoms with van der Waals surface area (Å²) in [6, 6.07) is 8.31. The second-order valence-corrected chi connectivity index (χ2v) is 7.41. The number of amides is 1. The van der Waals surface area contributed by atoms with Crippen molar-refractivity contribution >= 4 is 11.6 Å². The summed E-state index contributed by atoms with van der Waals surface area (Å²) in [7, 11) is 0. The van der Waals surface area contributed by atoms with Crippen LogP contribution < -0.4 is 10.6 Å². The molecular formula is C19H23N5O. The topological polar surface area (TPSA) is 73.0 Å². The lowest BCUT2D eigenvalue weighted by atomic mass is 9.74. The van der Waals surface area contributed by atoms with E-state index in [1.807, 2.05) is 4.90 Å². The Morgan fingerprint density at radius 3 is 2.96 bits per heavy atom. The van der Waals surface area contributed by atoms with Crippen molar-refractivity contribution in [2.45, 2.75) is 30.7 Å². The number of rotatable bonds is 1. The van der Waals surface area contributed by atoms with Crippen molar-refractivity contribution in [1.29, 1.82) is 0 Å². The molecule has 1 spiro atoms. The van der Waals surface area contributed by atoms with Crippen LogP contribution in [0.1, 0.15) is 35.8 Å². The van der Waals surface area contributed by atoms with E-state index in [1.54, 1.807) is 6.33 Å². The van der Waals surface area contributed by atoms with Gasteiger partial charge in [-0.05, 0) is 24.5 Å². The van der Waals surface area contributed by atoms with Crippen molar-refractivity contribution < 1.29 is 4.79 Å². The van der Waals surface area contributed by atoms with E-state index in [-0.39, 0.29) is 17.4 Å². The van der Waals surface area contributed by atoms with Gasteiger partial charge in [-0.3, -0.25) is 4.79 Å². The van der Waals surface area contributed by atoms with E-state index in [0.717, 1.165) is 56.8 Å². The molecule has 0 aliphatic carbocycles. The van der Waals surface area contributed by atoms with Gasteiger partial charge in [0.15, 0.2) is 0 Å². The summed E-state index contributed by atoms with van der Waals surface area (Å²) in [5.41, 5.74) is 4.85. The molecule has 1 aromatic heterocycles.